The maximum Gasteiger partial charge on any atom is 0.335 e. The highest BCUT2D eigenvalue weighted by atomic mass is 16.5. The average molecular weight is 276 g/mol. The third kappa shape index (κ3) is 3.14. The summed E-state index contributed by atoms with van der Waals surface area (Å²) in [6, 6.07) is 5.82. The molecule has 0 fully saturated rings. The van der Waals surface area contributed by atoms with E-state index in [4.69, 9.17) is 19.3 Å². The second-order valence-corrected chi connectivity index (χ2v) is 3.70. The fraction of sp³-hybridized carbons (Fsp3) is 0.154. The van der Waals surface area contributed by atoms with Gasteiger partial charge in [-0.15, -0.1) is 0 Å². The van der Waals surface area contributed by atoms with E-state index in [2.05, 4.69) is 9.97 Å². The third-order valence-electron chi connectivity index (χ3n) is 2.41. The summed E-state index contributed by atoms with van der Waals surface area (Å²) >= 11 is 0. The van der Waals surface area contributed by atoms with E-state index < -0.39 is 5.97 Å². The van der Waals surface area contributed by atoms with E-state index in [0.717, 1.165) is 0 Å². The van der Waals surface area contributed by atoms with Crippen LogP contribution < -0.4 is 14.2 Å². The molecule has 0 atom stereocenters. The Morgan fingerprint density at radius 3 is 2.35 bits per heavy atom. The first-order valence-electron chi connectivity index (χ1n) is 5.58. The third-order valence-corrected chi connectivity index (χ3v) is 2.41. The van der Waals surface area contributed by atoms with Crippen LogP contribution in [0.2, 0.25) is 0 Å². The van der Waals surface area contributed by atoms with E-state index in [0.29, 0.717) is 17.4 Å². The van der Waals surface area contributed by atoms with Gasteiger partial charge in [-0.1, -0.05) is 0 Å². The molecule has 1 heterocycles. The van der Waals surface area contributed by atoms with E-state index in [1.807, 2.05) is 0 Å². The number of hydrogen-bond acceptors (Lipinski definition) is 6. The number of aromatic carboxylic acids is 1. The number of carboxylic acid groups (broad SMARTS) is 1. The first kappa shape index (κ1) is 13.6. The molecule has 0 aliphatic rings. The van der Waals surface area contributed by atoms with E-state index in [1.165, 1.54) is 38.7 Å². The zero-order valence-corrected chi connectivity index (χ0v) is 10.9. The molecule has 0 radical (unpaired) electrons. The molecule has 2 aromatic rings. The maximum atomic E-state index is 11.0. The lowest BCUT2D eigenvalue weighted by atomic mass is 10.2. The molecular formula is C13H12N2O5. The lowest BCUT2D eigenvalue weighted by Gasteiger charge is -2.08. The van der Waals surface area contributed by atoms with Gasteiger partial charge < -0.3 is 19.3 Å². The van der Waals surface area contributed by atoms with Gasteiger partial charge in [0.15, 0.2) is 0 Å². The van der Waals surface area contributed by atoms with Crippen LogP contribution >= 0.6 is 0 Å². The monoisotopic (exact) mass is 276 g/mol. The summed E-state index contributed by atoms with van der Waals surface area (Å²) in [5.74, 6) is 0.176. The molecule has 0 aliphatic carbocycles. The number of methoxy groups -OCH3 is 2. The highest BCUT2D eigenvalue weighted by Gasteiger charge is 2.10. The average Bonchev–Trinajstić information content (AvgIpc) is 2.47. The Morgan fingerprint density at radius 2 is 1.70 bits per heavy atom. The van der Waals surface area contributed by atoms with Gasteiger partial charge >= 0.3 is 5.97 Å². The fourth-order valence-electron chi connectivity index (χ4n) is 1.48. The van der Waals surface area contributed by atoms with Crippen molar-refractivity contribution in [1.29, 1.82) is 0 Å². The maximum absolute atomic E-state index is 11.0. The van der Waals surface area contributed by atoms with Crippen molar-refractivity contribution in [3.8, 4) is 23.3 Å². The van der Waals surface area contributed by atoms with E-state index in [1.54, 1.807) is 6.07 Å². The number of carbonyl (C=O) groups is 1. The number of carboxylic acids is 1. The first-order chi connectivity index (χ1) is 9.62. The molecule has 0 saturated carbocycles. The zero-order chi connectivity index (χ0) is 14.5. The Hall–Kier alpha value is -2.83. The van der Waals surface area contributed by atoms with E-state index >= 15 is 0 Å². The smallest absolute Gasteiger partial charge is 0.335 e. The molecule has 0 spiro atoms. The summed E-state index contributed by atoms with van der Waals surface area (Å²) in [5, 5.41) is 9.02. The van der Waals surface area contributed by atoms with Crippen LogP contribution in [0.4, 0.5) is 0 Å². The van der Waals surface area contributed by atoms with Crippen LogP contribution in [0, 0.1) is 0 Å². The van der Waals surface area contributed by atoms with Gasteiger partial charge in [0.05, 0.1) is 25.8 Å². The second kappa shape index (κ2) is 5.87. The Balaban J connectivity index is 2.32. The normalized spacial score (nSPS) is 9.90. The summed E-state index contributed by atoms with van der Waals surface area (Å²) in [5.41, 5.74) is 0.0559. The molecule has 20 heavy (non-hydrogen) atoms. The Morgan fingerprint density at radius 1 is 1.00 bits per heavy atom. The summed E-state index contributed by atoms with van der Waals surface area (Å²) in [6.07, 6.45) is 1.28. The molecule has 1 aromatic heterocycles. The van der Waals surface area contributed by atoms with Crippen molar-refractivity contribution in [1.82, 2.24) is 9.97 Å². The highest BCUT2D eigenvalue weighted by Crippen LogP contribution is 2.27. The van der Waals surface area contributed by atoms with Gasteiger partial charge in [0, 0.05) is 6.07 Å². The number of hydrogen-bond donors (Lipinski definition) is 1. The lowest BCUT2D eigenvalue weighted by molar-refractivity contribution is 0.0696. The molecule has 2 rings (SSSR count). The Bertz CT molecular complexity index is 630. The molecule has 0 bridgehead atoms. The summed E-state index contributed by atoms with van der Waals surface area (Å²) in [6.45, 7) is 0. The van der Waals surface area contributed by atoms with Gasteiger partial charge in [0.25, 0.3) is 0 Å². The molecular weight excluding hydrogens is 264 g/mol. The molecule has 0 amide bonds. The number of nitrogens with zero attached hydrogens (tertiary/aromatic N) is 2. The van der Waals surface area contributed by atoms with Gasteiger partial charge in [-0.25, -0.2) is 14.8 Å². The first-order valence-corrected chi connectivity index (χ1v) is 5.58. The predicted octanol–water partition coefficient (Wildman–Crippen LogP) is 1.98. The summed E-state index contributed by atoms with van der Waals surface area (Å²) < 4.78 is 15.5. The number of benzene rings is 1. The zero-order valence-electron chi connectivity index (χ0n) is 10.9. The molecule has 104 valence electrons. The van der Waals surface area contributed by atoms with Crippen LogP contribution in [0.5, 0.6) is 23.3 Å². The van der Waals surface area contributed by atoms with Crippen molar-refractivity contribution in [2.75, 3.05) is 14.2 Å². The minimum Gasteiger partial charge on any atom is -0.497 e. The van der Waals surface area contributed by atoms with Crippen molar-refractivity contribution in [3.63, 3.8) is 0 Å². The molecule has 0 unspecified atom stereocenters. The Kier molecular flexibility index (Phi) is 3.99. The standard InChI is InChI=1S/C13H12N2O5/c1-18-9-3-8(13(16)17)4-10(5-9)20-12-6-11(19-2)14-7-15-12/h3-7H,1-2H3,(H,16,17). The molecule has 1 aromatic carbocycles. The number of ether oxygens (including phenoxy) is 3. The van der Waals surface area contributed by atoms with Crippen LogP contribution in [0.1, 0.15) is 10.4 Å². The van der Waals surface area contributed by atoms with Crippen molar-refractivity contribution in [3.05, 3.63) is 36.2 Å². The lowest BCUT2D eigenvalue weighted by Crippen LogP contribution is -1.99. The van der Waals surface area contributed by atoms with Gasteiger partial charge in [-0.05, 0) is 12.1 Å². The van der Waals surface area contributed by atoms with Crippen LogP contribution in [0.3, 0.4) is 0 Å². The topological polar surface area (TPSA) is 90.8 Å². The SMILES string of the molecule is COc1cc(Oc2cc(OC)ncn2)cc(C(=O)O)c1. The van der Waals surface area contributed by atoms with Crippen LogP contribution in [-0.2, 0) is 0 Å². The second-order valence-electron chi connectivity index (χ2n) is 3.70. The van der Waals surface area contributed by atoms with Gasteiger partial charge in [-0.3, -0.25) is 0 Å². The van der Waals surface area contributed by atoms with E-state index in [-0.39, 0.29) is 11.4 Å². The highest BCUT2D eigenvalue weighted by molar-refractivity contribution is 5.88. The van der Waals surface area contributed by atoms with Crippen molar-refractivity contribution >= 4 is 5.97 Å². The minimum absolute atomic E-state index is 0.0559. The van der Waals surface area contributed by atoms with Crippen LogP contribution in [-0.4, -0.2) is 35.3 Å². The van der Waals surface area contributed by atoms with Crippen molar-refractivity contribution in [2.24, 2.45) is 0 Å². The van der Waals surface area contributed by atoms with Crippen LogP contribution in [0.15, 0.2) is 30.6 Å². The fourth-order valence-corrected chi connectivity index (χ4v) is 1.48. The largest absolute Gasteiger partial charge is 0.497 e. The molecule has 0 aliphatic heterocycles. The predicted molar refractivity (Wildman–Crippen MR) is 68.6 cm³/mol. The quantitative estimate of drug-likeness (QED) is 0.892. The van der Waals surface area contributed by atoms with E-state index in [9.17, 15) is 4.79 Å². The number of aromatic nitrogens is 2. The van der Waals surface area contributed by atoms with Gasteiger partial charge in [0.1, 0.15) is 17.8 Å². The molecule has 7 nitrogen and oxygen atoms in total. The van der Waals surface area contributed by atoms with Crippen molar-refractivity contribution < 1.29 is 24.1 Å². The minimum atomic E-state index is -1.07. The van der Waals surface area contributed by atoms with Gasteiger partial charge in [0.2, 0.25) is 11.8 Å². The van der Waals surface area contributed by atoms with Crippen molar-refractivity contribution in [2.45, 2.75) is 0 Å². The molecule has 7 heteroatoms. The molecule has 0 saturated heterocycles. The van der Waals surface area contributed by atoms with Gasteiger partial charge in [-0.2, -0.15) is 0 Å². The summed E-state index contributed by atoms with van der Waals surface area (Å²) in [7, 11) is 2.92. The molecule has 1 N–H and O–H groups in total. The number of rotatable bonds is 5. The Labute approximate surface area is 114 Å². The van der Waals surface area contributed by atoms with Crippen LogP contribution in [0.25, 0.3) is 0 Å². The summed E-state index contributed by atoms with van der Waals surface area (Å²) in [4.78, 5) is 18.8.